The second-order valence-electron chi connectivity index (χ2n) is 9.28. The number of rotatable bonds is 8. The number of amides is 1. The third-order valence-electron chi connectivity index (χ3n) is 6.93. The summed E-state index contributed by atoms with van der Waals surface area (Å²) in [6.45, 7) is 2.18. The lowest BCUT2D eigenvalue weighted by atomic mass is 9.80. The standard InChI is InChI=1S/C26H28Cl2N4O4/c1-2-15-3-6-17(7-4-15)26(34)31-21(11-16-5-10-24(33)23(12-16)32(35)36)25-29-14-22(30-25)19-9-8-18(27)13-20(19)28/h5,8-10,12-15,17,21,33H,2-4,6-7,11H2,1H3,(H,29,30)(H,31,34)/t15?,17?,21-/m0/s1. The van der Waals surface area contributed by atoms with Gasteiger partial charge in [0.1, 0.15) is 5.82 Å². The summed E-state index contributed by atoms with van der Waals surface area (Å²) in [5.41, 5.74) is 1.57. The molecule has 1 atom stereocenters. The Morgan fingerprint density at radius 3 is 2.64 bits per heavy atom. The Hall–Kier alpha value is -3.10. The minimum absolute atomic E-state index is 0.0506. The number of aromatic amines is 1. The Morgan fingerprint density at radius 1 is 1.22 bits per heavy atom. The van der Waals surface area contributed by atoms with Crippen LogP contribution in [0, 0.1) is 22.0 Å². The van der Waals surface area contributed by atoms with Crippen LogP contribution in [0.4, 0.5) is 5.69 Å². The van der Waals surface area contributed by atoms with E-state index in [0.29, 0.717) is 38.6 Å². The number of carbonyl (C=O) groups excluding carboxylic acids is 1. The normalized spacial score (nSPS) is 18.5. The molecule has 0 spiro atoms. The number of nitro groups is 1. The van der Waals surface area contributed by atoms with Gasteiger partial charge >= 0.3 is 5.69 Å². The highest BCUT2D eigenvalue weighted by Crippen LogP contribution is 2.33. The van der Waals surface area contributed by atoms with Gasteiger partial charge in [-0.3, -0.25) is 14.9 Å². The Kier molecular flexibility index (Phi) is 8.16. The fraction of sp³-hybridized carbons (Fsp3) is 0.385. The van der Waals surface area contributed by atoms with E-state index in [2.05, 4.69) is 22.2 Å². The zero-order chi connectivity index (χ0) is 25.8. The molecule has 10 heteroatoms. The number of aromatic hydroxyl groups is 1. The largest absolute Gasteiger partial charge is 0.502 e. The number of carbonyl (C=O) groups is 1. The molecule has 1 saturated carbocycles. The van der Waals surface area contributed by atoms with Crippen molar-refractivity contribution in [3.8, 4) is 17.0 Å². The van der Waals surface area contributed by atoms with E-state index in [4.69, 9.17) is 23.2 Å². The van der Waals surface area contributed by atoms with Crippen LogP contribution in [0.15, 0.2) is 42.6 Å². The van der Waals surface area contributed by atoms with Crippen LogP contribution < -0.4 is 5.32 Å². The van der Waals surface area contributed by atoms with Crippen LogP contribution >= 0.6 is 23.2 Å². The van der Waals surface area contributed by atoms with Gasteiger partial charge in [0.05, 0.1) is 27.9 Å². The zero-order valence-electron chi connectivity index (χ0n) is 19.8. The summed E-state index contributed by atoms with van der Waals surface area (Å²) in [5, 5.41) is 25.2. The lowest BCUT2D eigenvalue weighted by Crippen LogP contribution is -2.37. The van der Waals surface area contributed by atoms with E-state index in [9.17, 15) is 20.0 Å². The number of H-pyrrole nitrogens is 1. The van der Waals surface area contributed by atoms with Crippen molar-refractivity contribution in [2.45, 2.75) is 51.5 Å². The van der Waals surface area contributed by atoms with Crippen LogP contribution in [0.2, 0.25) is 10.0 Å². The van der Waals surface area contributed by atoms with E-state index in [0.717, 1.165) is 32.1 Å². The molecule has 8 nitrogen and oxygen atoms in total. The highest BCUT2D eigenvalue weighted by molar-refractivity contribution is 6.36. The molecule has 36 heavy (non-hydrogen) atoms. The van der Waals surface area contributed by atoms with Crippen molar-refractivity contribution in [3.63, 3.8) is 0 Å². The number of nitrogens with zero attached hydrogens (tertiary/aromatic N) is 2. The Balaban J connectivity index is 1.61. The van der Waals surface area contributed by atoms with Gasteiger partial charge in [-0.1, -0.05) is 42.6 Å². The molecule has 0 aliphatic heterocycles. The minimum Gasteiger partial charge on any atom is -0.502 e. The molecule has 0 radical (unpaired) electrons. The molecule has 190 valence electrons. The van der Waals surface area contributed by atoms with E-state index in [1.54, 1.807) is 30.5 Å². The minimum atomic E-state index is -0.633. The molecule has 1 aliphatic carbocycles. The average Bonchev–Trinajstić information content (AvgIpc) is 3.34. The molecule has 1 aromatic heterocycles. The molecule has 1 aliphatic rings. The number of phenolic OH excluding ortho intramolecular Hbond substituents is 1. The van der Waals surface area contributed by atoms with Gasteiger partial charge in [-0.05, 0) is 61.4 Å². The van der Waals surface area contributed by atoms with E-state index < -0.39 is 16.7 Å². The molecule has 1 heterocycles. The average molecular weight is 531 g/mol. The van der Waals surface area contributed by atoms with Crippen LogP contribution in [-0.2, 0) is 11.2 Å². The summed E-state index contributed by atoms with van der Waals surface area (Å²) >= 11 is 12.4. The summed E-state index contributed by atoms with van der Waals surface area (Å²) < 4.78 is 0. The second-order valence-corrected chi connectivity index (χ2v) is 10.1. The van der Waals surface area contributed by atoms with Crippen LogP contribution in [0.25, 0.3) is 11.3 Å². The maximum absolute atomic E-state index is 13.2. The van der Waals surface area contributed by atoms with Gasteiger partial charge in [0.25, 0.3) is 0 Å². The number of nitrogens with one attached hydrogen (secondary N) is 2. The van der Waals surface area contributed by atoms with E-state index >= 15 is 0 Å². The lowest BCUT2D eigenvalue weighted by Gasteiger charge is -2.28. The molecule has 3 aromatic rings. The van der Waals surface area contributed by atoms with Crippen molar-refractivity contribution in [2.24, 2.45) is 11.8 Å². The highest BCUT2D eigenvalue weighted by Gasteiger charge is 2.29. The number of imidazole rings is 1. The lowest BCUT2D eigenvalue weighted by molar-refractivity contribution is -0.385. The third-order valence-corrected chi connectivity index (χ3v) is 7.48. The summed E-state index contributed by atoms with van der Waals surface area (Å²) in [5.74, 6) is 0.631. The maximum Gasteiger partial charge on any atom is 0.310 e. The van der Waals surface area contributed by atoms with Gasteiger partial charge in [-0.2, -0.15) is 0 Å². The first-order chi connectivity index (χ1) is 17.2. The molecule has 1 amide bonds. The number of hydrogen-bond donors (Lipinski definition) is 3. The first-order valence-corrected chi connectivity index (χ1v) is 12.8. The number of aromatic nitrogens is 2. The molecule has 3 N–H and O–H groups in total. The second kappa shape index (κ2) is 11.3. The molecule has 4 rings (SSSR count). The van der Waals surface area contributed by atoms with Gasteiger partial charge in [0, 0.05) is 29.0 Å². The molecule has 1 fully saturated rings. The number of nitro benzene ring substituents is 1. The first-order valence-electron chi connectivity index (χ1n) is 12.0. The molecule has 0 unspecified atom stereocenters. The molecule has 0 saturated heterocycles. The van der Waals surface area contributed by atoms with E-state index in [-0.39, 0.29) is 23.9 Å². The van der Waals surface area contributed by atoms with Gasteiger partial charge in [-0.15, -0.1) is 0 Å². The quantitative estimate of drug-likeness (QED) is 0.223. The first kappa shape index (κ1) is 26.0. The number of hydrogen-bond acceptors (Lipinski definition) is 5. The Labute approximate surface area is 219 Å². The third kappa shape index (κ3) is 5.99. The molecular weight excluding hydrogens is 503 g/mol. The van der Waals surface area contributed by atoms with Gasteiger partial charge < -0.3 is 15.4 Å². The number of benzene rings is 2. The summed E-state index contributed by atoms with van der Waals surface area (Å²) in [7, 11) is 0. The predicted octanol–water partition coefficient (Wildman–Crippen LogP) is 6.61. The van der Waals surface area contributed by atoms with Gasteiger partial charge in [0.2, 0.25) is 5.91 Å². The molecule has 0 bridgehead atoms. The summed E-state index contributed by atoms with van der Waals surface area (Å²) in [4.78, 5) is 31.7. The van der Waals surface area contributed by atoms with Crippen LogP contribution in [-0.4, -0.2) is 25.9 Å². The number of halogens is 2. The van der Waals surface area contributed by atoms with Crippen LogP contribution in [0.5, 0.6) is 5.75 Å². The maximum atomic E-state index is 13.2. The highest BCUT2D eigenvalue weighted by atomic mass is 35.5. The molecule has 2 aromatic carbocycles. The van der Waals surface area contributed by atoms with Crippen LogP contribution in [0.1, 0.15) is 56.5 Å². The fourth-order valence-corrected chi connectivity index (χ4v) is 5.29. The smallest absolute Gasteiger partial charge is 0.310 e. The van der Waals surface area contributed by atoms with Crippen molar-refractivity contribution < 1.29 is 14.8 Å². The monoisotopic (exact) mass is 530 g/mol. The molecular formula is C26H28Cl2N4O4. The Bertz CT molecular complexity index is 1250. The topological polar surface area (TPSA) is 121 Å². The van der Waals surface area contributed by atoms with Crippen molar-refractivity contribution in [3.05, 3.63) is 74.1 Å². The van der Waals surface area contributed by atoms with E-state index in [1.165, 1.54) is 12.1 Å². The van der Waals surface area contributed by atoms with Crippen molar-refractivity contribution in [2.75, 3.05) is 0 Å². The fourth-order valence-electron chi connectivity index (χ4n) is 4.77. The van der Waals surface area contributed by atoms with Crippen molar-refractivity contribution in [1.29, 1.82) is 0 Å². The zero-order valence-corrected chi connectivity index (χ0v) is 21.4. The van der Waals surface area contributed by atoms with Crippen LogP contribution in [0.3, 0.4) is 0 Å². The van der Waals surface area contributed by atoms with Gasteiger partial charge in [-0.25, -0.2) is 4.98 Å². The SMILES string of the molecule is CCC1CCC(C(=O)N[C@@H](Cc2ccc(O)c([N+](=O)[O-])c2)c2ncc(-c3ccc(Cl)cc3Cl)[nH]2)CC1. The van der Waals surface area contributed by atoms with E-state index in [1.807, 2.05) is 0 Å². The van der Waals surface area contributed by atoms with Crippen molar-refractivity contribution >= 4 is 34.8 Å². The summed E-state index contributed by atoms with van der Waals surface area (Å²) in [6, 6.07) is 8.80. The Morgan fingerprint density at radius 2 is 1.97 bits per heavy atom. The predicted molar refractivity (Wildman–Crippen MR) is 139 cm³/mol. The number of phenols is 1. The van der Waals surface area contributed by atoms with Crippen molar-refractivity contribution in [1.82, 2.24) is 15.3 Å². The summed E-state index contributed by atoms with van der Waals surface area (Å²) in [6.07, 6.45) is 6.75. The van der Waals surface area contributed by atoms with Gasteiger partial charge in [0.15, 0.2) is 5.75 Å².